The lowest BCUT2D eigenvalue weighted by Gasteiger charge is -2.36. The molecule has 4 nitrogen and oxygen atoms in total. The summed E-state index contributed by atoms with van der Waals surface area (Å²) in [7, 11) is 0. The Morgan fingerprint density at radius 2 is 1.56 bits per heavy atom. The minimum Gasteiger partial charge on any atom is -0.372 e. The van der Waals surface area contributed by atoms with Gasteiger partial charge in [-0.3, -0.25) is 4.98 Å². The third-order valence-corrected chi connectivity index (χ3v) is 7.17. The number of ether oxygens (including phenoxy) is 1. The third-order valence-electron chi connectivity index (χ3n) is 6.32. The number of benzene rings is 3. The van der Waals surface area contributed by atoms with Crippen LogP contribution in [0.2, 0.25) is 0 Å². The number of hydrogen-bond donors (Lipinski definition) is 0. The summed E-state index contributed by atoms with van der Waals surface area (Å²) in [4.78, 5) is 12.1. The normalized spacial score (nSPS) is 18.1. The minimum atomic E-state index is 0.239. The predicted molar refractivity (Wildman–Crippen MR) is 143 cm³/mol. The van der Waals surface area contributed by atoms with Crippen molar-refractivity contribution in [3.63, 3.8) is 0 Å². The number of aromatic nitrogens is 1. The van der Waals surface area contributed by atoms with Crippen LogP contribution in [0.15, 0.2) is 77.8 Å². The number of rotatable bonds is 4. The maximum atomic E-state index is 7.20. The average Bonchev–Trinajstić information content (AvgIpc) is 2.87. The topological polar surface area (TPSA) is 29.7 Å². The summed E-state index contributed by atoms with van der Waals surface area (Å²) < 4.78 is 5.89. The smallest absolute Gasteiger partial charge is 0.187 e. The first-order chi connectivity index (χ1) is 16.6. The summed E-state index contributed by atoms with van der Waals surface area (Å²) in [6.07, 6.45) is 4.60. The van der Waals surface area contributed by atoms with Gasteiger partial charge in [0.1, 0.15) is 0 Å². The highest BCUT2D eigenvalue weighted by atomic mass is 32.2. The maximum Gasteiger partial charge on any atom is 0.187 e. The standard InChI is InChI=1S/C29H27N3OS/c1-19-17-32(18-20(2)33-19)24-14-10-22(11-15-24)27-16-31-28-25(6-5-7-26(28)29(27)34-4)21-8-12-23(30-3)13-9-21/h5-16,19-20H,17-18H2,1-2,4H3/t19-,20+. The van der Waals surface area contributed by atoms with Crippen LogP contribution in [0.3, 0.4) is 0 Å². The van der Waals surface area contributed by atoms with Crippen LogP contribution in [0.4, 0.5) is 11.4 Å². The number of hydrogen-bond acceptors (Lipinski definition) is 4. The van der Waals surface area contributed by atoms with Crippen LogP contribution in [-0.2, 0) is 4.74 Å². The second-order valence-corrected chi connectivity index (χ2v) is 9.59. The van der Waals surface area contributed by atoms with E-state index in [1.54, 1.807) is 11.8 Å². The molecular formula is C29H27N3OS. The molecule has 0 unspecified atom stereocenters. The lowest BCUT2D eigenvalue weighted by molar-refractivity contribution is -0.00521. The maximum absolute atomic E-state index is 7.20. The van der Waals surface area contributed by atoms with E-state index < -0.39 is 0 Å². The molecule has 0 bridgehead atoms. The first-order valence-corrected chi connectivity index (χ1v) is 12.7. The van der Waals surface area contributed by atoms with Crippen LogP contribution in [-0.4, -0.2) is 36.5 Å². The van der Waals surface area contributed by atoms with Crippen molar-refractivity contribution < 1.29 is 4.74 Å². The van der Waals surface area contributed by atoms with Crippen molar-refractivity contribution in [2.75, 3.05) is 24.2 Å². The van der Waals surface area contributed by atoms with E-state index in [2.05, 4.69) is 72.3 Å². The minimum absolute atomic E-state index is 0.239. The molecule has 0 spiro atoms. The number of morpholine rings is 1. The molecule has 3 aromatic carbocycles. The Balaban J connectivity index is 1.52. The highest BCUT2D eigenvalue weighted by Crippen LogP contribution is 2.39. The molecule has 34 heavy (non-hydrogen) atoms. The van der Waals surface area contributed by atoms with Crippen LogP contribution in [0.25, 0.3) is 38.0 Å². The quantitative estimate of drug-likeness (QED) is 0.231. The van der Waals surface area contributed by atoms with Crippen molar-refractivity contribution in [2.45, 2.75) is 31.0 Å². The fourth-order valence-corrected chi connectivity index (χ4v) is 5.59. The fourth-order valence-electron chi connectivity index (χ4n) is 4.81. The van der Waals surface area contributed by atoms with Gasteiger partial charge in [-0.15, -0.1) is 11.8 Å². The molecule has 2 atom stereocenters. The first kappa shape index (κ1) is 22.5. The Hall–Kier alpha value is -3.33. The number of fused-ring (bicyclic) bond motifs is 1. The van der Waals surface area contributed by atoms with Gasteiger partial charge in [0.15, 0.2) is 5.69 Å². The van der Waals surface area contributed by atoms with Crippen molar-refractivity contribution >= 4 is 34.0 Å². The van der Waals surface area contributed by atoms with Gasteiger partial charge in [-0.05, 0) is 43.4 Å². The molecule has 2 heterocycles. The van der Waals surface area contributed by atoms with Crippen molar-refractivity contribution in [3.05, 3.63) is 84.3 Å². The Labute approximate surface area is 205 Å². The van der Waals surface area contributed by atoms with Gasteiger partial charge in [0.25, 0.3) is 0 Å². The summed E-state index contributed by atoms with van der Waals surface area (Å²) in [5, 5.41) is 1.15. The lowest BCUT2D eigenvalue weighted by atomic mass is 9.99. The van der Waals surface area contributed by atoms with Crippen LogP contribution in [0.1, 0.15) is 13.8 Å². The molecule has 0 radical (unpaired) electrons. The molecule has 5 rings (SSSR count). The van der Waals surface area contributed by atoms with Crippen LogP contribution in [0.5, 0.6) is 0 Å². The number of nitrogens with zero attached hydrogens (tertiary/aromatic N) is 3. The summed E-state index contributed by atoms with van der Waals surface area (Å²) in [5.74, 6) is 0. The molecular weight excluding hydrogens is 438 g/mol. The third kappa shape index (κ3) is 4.27. The molecule has 5 heteroatoms. The van der Waals surface area contributed by atoms with Gasteiger partial charge in [-0.2, -0.15) is 0 Å². The zero-order valence-electron chi connectivity index (χ0n) is 19.7. The zero-order chi connectivity index (χ0) is 23.7. The zero-order valence-corrected chi connectivity index (χ0v) is 20.5. The second-order valence-electron chi connectivity index (χ2n) is 8.77. The summed E-state index contributed by atoms with van der Waals surface area (Å²) >= 11 is 1.76. The van der Waals surface area contributed by atoms with E-state index in [-0.39, 0.29) is 12.2 Å². The van der Waals surface area contributed by atoms with Crippen LogP contribution in [0, 0.1) is 6.57 Å². The van der Waals surface area contributed by atoms with Crippen molar-refractivity contribution in [3.8, 4) is 22.3 Å². The van der Waals surface area contributed by atoms with Crippen molar-refractivity contribution in [2.24, 2.45) is 0 Å². The van der Waals surface area contributed by atoms with E-state index in [0.29, 0.717) is 5.69 Å². The molecule has 1 fully saturated rings. The van der Waals surface area contributed by atoms with Gasteiger partial charge in [-0.25, -0.2) is 4.85 Å². The van der Waals surface area contributed by atoms with Crippen LogP contribution >= 0.6 is 11.8 Å². The Morgan fingerprint density at radius 1 is 0.912 bits per heavy atom. The van der Waals surface area contributed by atoms with Gasteiger partial charge < -0.3 is 9.64 Å². The average molecular weight is 466 g/mol. The highest BCUT2D eigenvalue weighted by Gasteiger charge is 2.22. The van der Waals surface area contributed by atoms with Gasteiger partial charge in [-0.1, -0.05) is 54.6 Å². The SMILES string of the molecule is [C-]#[N+]c1ccc(-c2cccc3c(SC)c(-c4ccc(N5C[C@@H](C)O[C@@H](C)C5)cc4)cnc23)cc1. The molecule has 0 aliphatic carbocycles. The van der Waals surface area contributed by atoms with E-state index in [0.717, 1.165) is 40.7 Å². The number of pyridine rings is 1. The predicted octanol–water partition coefficient (Wildman–Crippen LogP) is 7.46. The molecule has 1 aliphatic rings. The molecule has 170 valence electrons. The fraction of sp³-hybridized carbons (Fsp3) is 0.241. The molecule has 0 amide bonds. The lowest BCUT2D eigenvalue weighted by Crippen LogP contribution is -2.45. The summed E-state index contributed by atoms with van der Waals surface area (Å²) in [6, 6.07) is 22.9. The Kier molecular flexibility index (Phi) is 6.28. The number of para-hydroxylation sites is 1. The first-order valence-electron chi connectivity index (χ1n) is 11.5. The van der Waals surface area contributed by atoms with E-state index in [1.807, 2.05) is 30.5 Å². The number of thioether (sulfide) groups is 1. The van der Waals surface area contributed by atoms with Crippen LogP contribution < -0.4 is 4.90 Å². The number of anilines is 1. The van der Waals surface area contributed by atoms with Gasteiger partial charge in [0.2, 0.25) is 0 Å². The molecule has 1 saturated heterocycles. The summed E-state index contributed by atoms with van der Waals surface area (Å²) in [6.45, 7) is 13.3. The van der Waals surface area contributed by atoms with E-state index in [1.165, 1.54) is 16.1 Å². The van der Waals surface area contributed by atoms with Crippen molar-refractivity contribution in [1.29, 1.82) is 0 Å². The van der Waals surface area contributed by atoms with Crippen molar-refractivity contribution in [1.82, 2.24) is 4.98 Å². The monoisotopic (exact) mass is 465 g/mol. The van der Waals surface area contributed by atoms with Gasteiger partial charge >= 0.3 is 0 Å². The molecule has 0 saturated carbocycles. The molecule has 1 aromatic heterocycles. The summed E-state index contributed by atoms with van der Waals surface area (Å²) in [5.41, 5.74) is 7.34. The second kappa shape index (κ2) is 9.50. The Bertz CT molecular complexity index is 1350. The Morgan fingerprint density at radius 3 is 2.21 bits per heavy atom. The van der Waals surface area contributed by atoms with Gasteiger partial charge in [0.05, 0.1) is 24.3 Å². The largest absolute Gasteiger partial charge is 0.372 e. The molecule has 1 aliphatic heterocycles. The van der Waals surface area contributed by atoms with E-state index in [9.17, 15) is 0 Å². The van der Waals surface area contributed by atoms with E-state index >= 15 is 0 Å². The molecule has 4 aromatic rings. The van der Waals surface area contributed by atoms with E-state index in [4.69, 9.17) is 16.3 Å². The molecule has 0 N–H and O–H groups in total. The van der Waals surface area contributed by atoms with Gasteiger partial charge in [0, 0.05) is 46.4 Å². The highest BCUT2D eigenvalue weighted by molar-refractivity contribution is 7.99.